The smallest absolute Gasteiger partial charge is 0.150 e. The minimum Gasteiger partial charge on any atom is -0.352 e. The van der Waals surface area contributed by atoms with Crippen LogP contribution in [0.15, 0.2) is 36.7 Å². The average molecular weight is 341 g/mol. The fourth-order valence-corrected chi connectivity index (χ4v) is 4.63. The molecule has 3 heterocycles. The predicted molar refractivity (Wildman–Crippen MR) is 98.1 cm³/mol. The molecular weight excluding hydrogens is 321 g/mol. The second-order valence-corrected chi connectivity index (χ2v) is 7.33. The van der Waals surface area contributed by atoms with Crippen molar-refractivity contribution in [2.24, 2.45) is 0 Å². The van der Waals surface area contributed by atoms with Crippen LogP contribution in [-0.4, -0.2) is 22.6 Å². The summed E-state index contributed by atoms with van der Waals surface area (Å²) < 4.78 is 14.3. The van der Waals surface area contributed by atoms with E-state index in [4.69, 9.17) is 0 Å². The molecule has 1 atom stereocenters. The van der Waals surface area contributed by atoms with Gasteiger partial charge < -0.3 is 4.90 Å². The Morgan fingerprint density at radius 2 is 2.04 bits per heavy atom. The Hall–Kier alpha value is -2.01. The second-order valence-electron chi connectivity index (χ2n) is 6.28. The Balaban J connectivity index is 1.78. The van der Waals surface area contributed by atoms with Gasteiger partial charge in [0.15, 0.2) is 0 Å². The maximum absolute atomic E-state index is 13.2. The SMILES string of the molecule is CC[C@@H]1CCCCN1c1ncnc2cc(-c3ccc(F)cc3)sc12. The van der Waals surface area contributed by atoms with E-state index in [1.54, 1.807) is 17.7 Å². The lowest BCUT2D eigenvalue weighted by atomic mass is 10.00. The molecule has 0 N–H and O–H groups in total. The summed E-state index contributed by atoms with van der Waals surface area (Å²) in [5.74, 6) is 0.851. The minimum absolute atomic E-state index is 0.209. The quantitative estimate of drug-likeness (QED) is 0.650. The third-order valence-electron chi connectivity index (χ3n) is 4.79. The highest BCUT2D eigenvalue weighted by molar-refractivity contribution is 7.22. The van der Waals surface area contributed by atoms with E-state index < -0.39 is 0 Å². The van der Waals surface area contributed by atoms with Gasteiger partial charge in [-0.25, -0.2) is 14.4 Å². The maximum atomic E-state index is 13.2. The summed E-state index contributed by atoms with van der Waals surface area (Å²) in [6, 6.07) is 9.30. The number of hydrogen-bond donors (Lipinski definition) is 0. The molecule has 3 aromatic rings. The molecule has 124 valence electrons. The van der Waals surface area contributed by atoms with Crippen molar-refractivity contribution in [3.63, 3.8) is 0 Å². The van der Waals surface area contributed by atoms with Gasteiger partial charge in [0.1, 0.15) is 18.0 Å². The van der Waals surface area contributed by atoms with Crippen molar-refractivity contribution in [3.8, 4) is 10.4 Å². The van der Waals surface area contributed by atoms with Crippen molar-refractivity contribution < 1.29 is 4.39 Å². The molecule has 0 bridgehead atoms. The lowest BCUT2D eigenvalue weighted by Crippen LogP contribution is -2.39. The van der Waals surface area contributed by atoms with Gasteiger partial charge in [-0.2, -0.15) is 0 Å². The molecule has 1 fully saturated rings. The van der Waals surface area contributed by atoms with Gasteiger partial charge in [-0.1, -0.05) is 19.1 Å². The Labute approximate surface area is 145 Å². The topological polar surface area (TPSA) is 29.0 Å². The molecule has 0 amide bonds. The van der Waals surface area contributed by atoms with Crippen molar-refractivity contribution in [2.45, 2.75) is 38.6 Å². The van der Waals surface area contributed by atoms with Gasteiger partial charge in [0.2, 0.25) is 0 Å². The van der Waals surface area contributed by atoms with E-state index in [2.05, 4.69) is 27.9 Å². The summed E-state index contributed by atoms with van der Waals surface area (Å²) in [7, 11) is 0. The fraction of sp³-hybridized carbons (Fsp3) is 0.368. The molecule has 0 spiro atoms. The van der Waals surface area contributed by atoms with Crippen LogP contribution in [0.4, 0.5) is 10.2 Å². The molecule has 4 rings (SSSR count). The normalized spacial score (nSPS) is 18.2. The van der Waals surface area contributed by atoms with Gasteiger partial charge >= 0.3 is 0 Å². The number of halogens is 1. The van der Waals surface area contributed by atoms with Crippen molar-refractivity contribution in [1.82, 2.24) is 9.97 Å². The van der Waals surface area contributed by atoms with Gasteiger partial charge in [0.05, 0.1) is 10.2 Å². The molecule has 24 heavy (non-hydrogen) atoms. The first-order valence-corrected chi connectivity index (χ1v) is 9.35. The summed E-state index contributed by atoms with van der Waals surface area (Å²) in [4.78, 5) is 12.6. The van der Waals surface area contributed by atoms with E-state index in [9.17, 15) is 4.39 Å². The molecule has 1 aromatic carbocycles. The minimum atomic E-state index is -0.209. The summed E-state index contributed by atoms with van der Waals surface area (Å²) in [6.45, 7) is 3.31. The standard InChI is InChI=1S/C19H20FN3S/c1-2-15-5-3-4-10-23(15)19-18-16(21-12-22-19)11-17(24-18)13-6-8-14(20)9-7-13/h6-9,11-12,15H,2-5,10H2,1H3/t15-/m1/s1. The molecule has 0 aliphatic carbocycles. The van der Waals surface area contributed by atoms with Crippen molar-refractivity contribution in [1.29, 1.82) is 0 Å². The molecule has 1 aliphatic rings. The number of aromatic nitrogens is 2. The van der Waals surface area contributed by atoms with Crippen molar-refractivity contribution in [2.75, 3.05) is 11.4 Å². The third-order valence-corrected chi connectivity index (χ3v) is 5.96. The lowest BCUT2D eigenvalue weighted by Gasteiger charge is -2.36. The molecule has 1 saturated heterocycles. The van der Waals surface area contributed by atoms with Crippen molar-refractivity contribution in [3.05, 3.63) is 42.5 Å². The first kappa shape index (κ1) is 15.5. The number of thiophene rings is 1. The number of hydrogen-bond acceptors (Lipinski definition) is 4. The average Bonchev–Trinajstić information content (AvgIpc) is 3.06. The van der Waals surface area contributed by atoms with Gasteiger partial charge in [-0.3, -0.25) is 0 Å². The molecule has 3 nitrogen and oxygen atoms in total. The number of fused-ring (bicyclic) bond motifs is 1. The molecular formula is C19H20FN3S. The highest BCUT2D eigenvalue weighted by Crippen LogP contribution is 2.38. The van der Waals surface area contributed by atoms with Gasteiger partial charge in [-0.15, -0.1) is 11.3 Å². The highest BCUT2D eigenvalue weighted by Gasteiger charge is 2.24. The molecule has 2 aromatic heterocycles. The van der Waals surface area contributed by atoms with Crippen LogP contribution in [0.3, 0.4) is 0 Å². The van der Waals surface area contributed by atoms with E-state index in [0.717, 1.165) is 39.4 Å². The molecule has 0 saturated carbocycles. The van der Waals surface area contributed by atoms with E-state index in [-0.39, 0.29) is 5.82 Å². The second kappa shape index (κ2) is 6.48. The maximum Gasteiger partial charge on any atom is 0.150 e. The molecule has 0 unspecified atom stereocenters. The van der Waals surface area contributed by atoms with E-state index in [1.807, 2.05) is 12.1 Å². The first-order chi connectivity index (χ1) is 11.8. The Bertz CT molecular complexity index is 843. The lowest BCUT2D eigenvalue weighted by molar-refractivity contribution is 0.448. The number of piperidine rings is 1. The largest absolute Gasteiger partial charge is 0.352 e. The van der Waals surface area contributed by atoms with Gasteiger partial charge in [0, 0.05) is 17.5 Å². The van der Waals surface area contributed by atoms with Crippen LogP contribution in [-0.2, 0) is 0 Å². The zero-order chi connectivity index (χ0) is 16.5. The summed E-state index contributed by atoms with van der Waals surface area (Å²) in [6.07, 6.45) is 6.56. The summed E-state index contributed by atoms with van der Waals surface area (Å²) >= 11 is 1.70. The van der Waals surface area contributed by atoms with E-state index >= 15 is 0 Å². The van der Waals surface area contributed by atoms with Crippen LogP contribution in [0.25, 0.3) is 20.7 Å². The van der Waals surface area contributed by atoms with E-state index in [1.165, 1.54) is 31.4 Å². The zero-order valence-corrected chi connectivity index (χ0v) is 14.5. The number of nitrogens with zero attached hydrogens (tertiary/aromatic N) is 3. The van der Waals surface area contributed by atoms with Crippen LogP contribution < -0.4 is 4.90 Å². The molecule has 5 heteroatoms. The van der Waals surface area contributed by atoms with Gasteiger partial charge in [0.25, 0.3) is 0 Å². The summed E-state index contributed by atoms with van der Waals surface area (Å²) in [5.41, 5.74) is 2.00. The van der Waals surface area contributed by atoms with Crippen molar-refractivity contribution >= 4 is 27.4 Å². The van der Waals surface area contributed by atoms with Crippen LogP contribution in [0, 0.1) is 5.82 Å². The van der Waals surface area contributed by atoms with Crippen LogP contribution >= 0.6 is 11.3 Å². The number of benzene rings is 1. The van der Waals surface area contributed by atoms with E-state index in [0.29, 0.717) is 6.04 Å². The zero-order valence-electron chi connectivity index (χ0n) is 13.7. The Kier molecular flexibility index (Phi) is 4.19. The Morgan fingerprint density at radius 1 is 1.21 bits per heavy atom. The first-order valence-electron chi connectivity index (χ1n) is 8.53. The number of anilines is 1. The fourth-order valence-electron chi connectivity index (χ4n) is 3.51. The monoisotopic (exact) mass is 341 g/mol. The third kappa shape index (κ3) is 2.77. The highest BCUT2D eigenvalue weighted by atomic mass is 32.1. The molecule has 1 aliphatic heterocycles. The Morgan fingerprint density at radius 3 is 2.83 bits per heavy atom. The summed E-state index contributed by atoms with van der Waals surface area (Å²) in [5, 5.41) is 0. The number of rotatable bonds is 3. The van der Waals surface area contributed by atoms with Crippen LogP contribution in [0.1, 0.15) is 32.6 Å². The predicted octanol–water partition coefficient (Wildman–Crippen LogP) is 5.27. The molecule has 0 radical (unpaired) electrons. The van der Waals surface area contributed by atoms with Crippen LogP contribution in [0.5, 0.6) is 0 Å². The van der Waals surface area contributed by atoms with Gasteiger partial charge in [-0.05, 0) is 49.4 Å². The van der Waals surface area contributed by atoms with Crippen LogP contribution in [0.2, 0.25) is 0 Å².